The first-order valence-electron chi connectivity index (χ1n) is 3.24. The second-order valence-electron chi connectivity index (χ2n) is 1.72. The molecule has 0 spiro atoms. The van der Waals surface area contributed by atoms with Crippen molar-refractivity contribution < 1.29 is 20.4 Å². The molecule has 0 aromatic rings. The Balaban J connectivity index is 0. The van der Waals surface area contributed by atoms with Crippen molar-refractivity contribution >= 4 is 14.5 Å². The number of allylic oxidation sites excluding steroid dienone is 1. The van der Waals surface area contributed by atoms with Gasteiger partial charge >= 0.3 is 55.2 Å². The van der Waals surface area contributed by atoms with Crippen LogP contribution in [0.25, 0.3) is 0 Å². The molecule has 0 radical (unpaired) electrons. The topological polar surface area (TPSA) is 76.0 Å². The van der Waals surface area contributed by atoms with Crippen LogP contribution in [0.2, 0.25) is 0 Å². The van der Waals surface area contributed by atoms with Gasteiger partial charge in [-0.15, -0.1) is 6.58 Å². The molecule has 0 saturated carbocycles. The number of ether oxygens (including phenoxy) is 1. The van der Waals surface area contributed by atoms with Crippen LogP contribution >= 0.6 is 0 Å². The summed E-state index contributed by atoms with van der Waals surface area (Å²) in [4.78, 5) is 0. The van der Waals surface area contributed by atoms with E-state index >= 15 is 0 Å². The van der Waals surface area contributed by atoms with E-state index in [1.807, 2.05) is 6.92 Å². The standard InChI is InChI=1S/C3H9AsO5.C3H6/c1-8-2-3-9-4(5,6)7;1-3-2/h2-3H2,1H3,(H2,5,6,7);3H,1H2,2H3. The first-order valence-corrected chi connectivity index (χ1v) is 6.45. The van der Waals surface area contributed by atoms with Crippen LogP contribution in [-0.4, -0.2) is 43.0 Å². The molecule has 0 bridgehead atoms. The van der Waals surface area contributed by atoms with Gasteiger partial charge in [-0.3, -0.25) is 0 Å². The van der Waals surface area contributed by atoms with Gasteiger partial charge in [-0.2, -0.15) is 0 Å². The van der Waals surface area contributed by atoms with Crippen LogP contribution in [0.1, 0.15) is 6.92 Å². The van der Waals surface area contributed by atoms with Gasteiger partial charge in [-0.1, -0.05) is 6.08 Å². The van der Waals surface area contributed by atoms with Gasteiger partial charge in [0.05, 0.1) is 0 Å². The van der Waals surface area contributed by atoms with Crippen LogP contribution in [0.4, 0.5) is 0 Å². The second kappa shape index (κ2) is 9.03. The van der Waals surface area contributed by atoms with Gasteiger partial charge < -0.3 is 0 Å². The molecule has 2 N–H and O–H groups in total. The first-order chi connectivity index (χ1) is 5.47. The van der Waals surface area contributed by atoms with Gasteiger partial charge in [-0.25, -0.2) is 0 Å². The summed E-state index contributed by atoms with van der Waals surface area (Å²) >= 11 is -4.82. The van der Waals surface area contributed by atoms with Crippen molar-refractivity contribution in [3.63, 3.8) is 0 Å². The molecule has 0 rings (SSSR count). The Hall–Kier alpha value is -0.0616. The van der Waals surface area contributed by atoms with Crippen LogP contribution in [0.5, 0.6) is 0 Å². The molecule has 0 heterocycles. The van der Waals surface area contributed by atoms with E-state index in [1.165, 1.54) is 7.11 Å². The fourth-order valence-corrected chi connectivity index (χ4v) is 0.895. The fourth-order valence-electron chi connectivity index (χ4n) is 0.240. The maximum atomic E-state index is 9.98. The molecule has 0 fully saturated rings. The zero-order valence-electron chi connectivity index (χ0n) is 7.27. The molecule has 74 valence electrons. The maximum absolute atomic E-state index is 9.98. The summed E-state index contributed by atoms with van der Waals surface area (Å²) in [6.45, 7) is 5.40. The quantitative estimate of drug-likeness (QED) is 0.402. The molecule has 6 heteroatoms. The molecule has 0 atom stereocenters. The Labute approximate surface area is 75.3 Å². The zero-order valence-corrected chi connectivity index (χ0v) is 9.14. The second-order valence-corrected chi connectivity index (χ2v) is 4.33. The van der Waals surface area contributed by atoms with Crippen molar-refractivity contribution in [1.29, 1.82) is 0 Å². The van der Waals surface area contributed by atoms with Crippen LogP contribution in [0.3, 0.4) is 0 Å². The van der Waals surface area contributed by atoms with Crippen molar-refractivity contribution in [3.05, 3.63) is 12.7 Å². The molecule has 0 aliphatic rings. The predicted molar refractivity (Wildman–Crippen MR) is 44.6 cm³/mol. The van der Waals surface area contributed by atoms with Gasteiger partial charge in [0.1, 0.15) is 0 Å². The van der Waals surface area contributed by atoms with E-state index in [1.54, 1.807) is 6.08 Å². The minimum atomic E-state index is -4.82. The van der Waals surface area contributed by atoms with Gasteiger partial charge in [0, 0.05) is 0 Å². The average molecular weight is 242 g/mol. The molecule has 0 aliphatic carbocycles. The molecule has 0 unspecified atom stereocenters. The van der Waals surface area contributed by atoms with Crippen molar-refractivity contribution in [3.8, 4) is 0 Å². The van der Waals surface area contributed by atoms with Crippen molar-refractivity contribution in [2.75, 3.05) is 20.3 Å². The Morgan fingerprint density at radius 1 is 1.50 bits per heavy atom. The molecule has 0 aromatic heterocycles. The average Bonchev–Trinajstić information content (AvgIpc) is 1.87. The summed E-state index contributed by atoms with van der Waals surface area (Å²) in [6, 6.07) is 0. The van der Waals surface area contributed by atoms with Crippen LogP contribution in [0, 0.1) is 0 Å². The summed E-state index contributed by atoms with van der Waals surface area (Å²) in [5, 5.41) is 0. The summed E-state index contributed by atoms with van der Waals surface area (Å²) in [5.74, 6) is 0. The van der Waals surface area contributed by atoms with Crippen molar-refractivity contribution in [2.24, 2.45) is 0 Å². The van der Waals surface area contributed by atoms with E-state index in [0.717, 1.165) is 0 Å². The van der Waals surface area contributed by atoms with Crippen LogP contribution < -0.4 is 0 Å². The molecular formula is C6H15AsO5. The first kappa shape index (κ1) is 14.5. The van der Waals surface area contributed by atoms with Gasteiger partial charge in [0.25, 0.3) is 0 Å². The summed E-state index contributed by atoms with van der Waals surface area (Å²) in [5.41, 5.74) is 0. The minimum absolute atomic E-state index is 0.0556. The van der Waals surface area contributed by atoms with Gasteiger partial charge in [0.15, 0.2) is 0 Å². The van der Waals surface area contributed by atoms with E-state index in [-0.39, 0.29) is 13.2 Å². The number of hydrogen-bond donors (Lipinski definition) is 2. The molecule has 12 heavy (non-hydrogen) atoms. The summed E-state index contributed by atoms with van der Waals surface area (Å²) < 4.78 is 34.8. The molecule has 0 amide bonds. The number of methoxy groups -OCH3 is 1. The molecule has 0 saturated heterocycles. The van der Waals surface area contributed by atoms with Crippen molar-refractivity contribution in [2.45, 2.75) is 6.92 Å². The third-order valence-corrected chi connectivity index (χ3v) is 1.64. The Morgan fingerprint density at radius 3 is 2.17 bits per heavy atom. The van der Waals surface area contributed by atoms with Gasteiger partial charge in [-0.05, 0) is 6.92 Å². The van der Waals surface area contributed by atoms with Crippen LogP contribution in [0.15, 0.2) is 12.7 Å². The monoisotopic (exact) mass is 242 g/mol. The SMILES string of the molecule is C=CC.COCCO[As](=O)(O)O. The van der Waals surface area contributed by atoms with E-state index in [2.05, 4.69) is 15.0 Å². The normalized spacial score (nSPS) is 10.0. The van der Waals surface area contributed by atoms with E-state index in [9.17, 15) is 3.74 Å². The summed E-state index contributed by atoms with van der Waals surface area (Å²) in [6.07, 6.45) is 1.75. The van der Waals surface area contributed by atoms with E-state index in [4.69, 9.17) is 8.19 Å². The molecule has 0 aromatic carbocycles. The number of hydrogen-bond acceptors (Lipinski definition) is 3. The molecular weight excluding hydrogens is 227 g/mol. The van der Waals surface area contributed by atoms with Gasteiger partial charge in [0.2, 0.25) is 0 Å². The Bertz CT molecular complexity index is 141. The third kappa shape index (κ3) is 22.5. The van der Waals surface area contributed by atoms with E-state index in [0.29, 0.717) is 0 Å². The fraction of sp³-hybridized carbons (Fsp3) is 0.667. The Kier molecular flexibility index (Phi) is 10.9. The van der Waals surface area contributed by atoms with Crippen LogP contribution in [-0.2, 0) is 12.2 Å². The Morgan fingerprint density at radius 2 is 1.92 bits per heavy atom. The predicted octanol–water partition coefficient (Wildman–Crippen LogP) is -0.308. The number of rotatable bonds is 4. The zero-order chi connectivity index (χ0) is 10.0. The molecule has 0 aliphatic heterocycles. The third-order valence-electron chi connectivity index (χ3n) is 0.547. The van der Waals surface area contributed by atoms with E-state index < -0.39 is 14.5 Å². The molecule has 5 nitrogen and oxygen atoms in total. The summed E-state index contributed by atoms with van der Waals surface area (Å²) in [7, 11) is 1.43. The van der Waals surface area contributed by atoms with Crippen molar-refractivity contribution in [1.82, 2.24) is 0 Å².